The first-order valence-corrected chi connectivity index (χ1v) is 6.37. The smallest absolute Gasteiger partial charge is 0.363 e. The molecule has 0 spiro atoms. The van der Waals surface area contributed by atoms with Crippen molar-refractivity contribution in [1.29, 1.82) is 0 Å². The zero-order chi connectivity index (χ0) is 15.7. The van der Waals surface area contributed by atoms with E-state index in [0.717, 1.165) is 5.76 Å². The Morgan fingerprint density at radius 2 is 1.91 bits per heavy atom. The van der Waals surface area contributed by atoms with Crippen LogP contribution in [0.25, 0.3) is 6.08 Å². The van der Waals surface area contributed by atoms with Gasteiger partial charge in [-0.1, -0.05) is 0 Å². The molecule has 0 radical (unpaired) electrons. The lowest BCUT2D eigenvalue weighted by Crippen LogP contribution is -2.05. The number of carbonyl (C=O) groups excluding carboxylic acids is 1. The van der Waals surface area contributed by atoms with Crippen molar-refractivity contribution in [2.75, 3.05) is 0 Å². The standard InChI is InChI=1S/C15H10N2O5/c1-9-2-7-12(21-9)8-13-15(18)22-14(16-13)10-3-5-11(6-4-10)17(19)20/h2-8H,1H3. The van der Waals surface area contributed by atoms with Crippen molar-refractivity contribution in [3.8, 4) is 0 Å². The molecule has 0 saturated heterocycles. The molecule has 0 bridgehead atoms. The quantitative estimate of drug-likeness (QED) is 0.376. The van der Waals surface area contributed by atoms with E-state index in [-0.39, 0.29) is 17.3 Å². The first-order chi connectivity index (χ1) is 10.5. The minimum atomic E-state index is -0.595. The van der Waals surface area contributed by atoms with Gasteiger partial charge < -0.3 is 9.15 Å². The van der Waals surface area contributed by atoms with Crippen molar-refractivity contribution in [3.05, 3.63) is 69.3 Å². The first-order valence-electron chi connectivity index (χ1n) is 6.37. The molecule has 7 heteroatoms. The number of ether oxygens (including phenoxy) is 1. The van der Waals surface area contributed by atoms with Gasteiger partial charge in [0.2, 0.25) is 5.90 Å². The van der Waals surface area contributed by atoms with Crippen molar-refractivity contribution in [2.45, 2.75) is 6.92 Å². The summed E-state index contributed by atoms with van der Waals surface area (Å²) in [4.78, 5) is 26.0. The Balaban J connectivity index is 1.89. The molecule has 22 heavy (non-hydrogen) atoms. The van der Waals surface area contributed by atoms with Gasteiger partial charge in [-0.05, 0) is 31.2 Å². The van der Waals surface area contributed by atoms with Crippen LogP contribution in [0.15, 0.2) is 51.5 Å². The maximum Gasteiger partial charge on any atom is 0.363 e. The van der Waals surface area contributed by atoms with Crippen molar-refractivity contribution in [1.82, 2.24) is 0 Å². The number of esters is 1. The number of hydrogen-bond acceptors (Lipinski definition) is 6. The summed E-state index contributed by atoms with van der Waals surface area (Å²) in [6.45, 7) is 1.79. The largest absolute Gasteiger partial charge is 0.462 e. The minimum absolute atomic E-state index is 0.0458. The second kappa shape index (κ2) is 5.28. The fraction of sp³-hybridized carbons (Fsp3) is 0.0667. The molecular formula is C15H10N2O5. The zero-order valence-corrected chi connectivity index (χ0v) is 11.5. The lowest BCUT2D eigenvalue weighted by Gasteiger charge is -1.98. The number of hydrogen-bond donors (Lipinski definition) is 0. The number of rotatable bonds is 3. The number of nitro groups is 1. The van der Waals surface area contributed by atoms with Crippen LogP contribution >= 0.6 is 0 Å². The monoisotopic (exact) mass is 298 g/mol. The van der Waals surface area contributed by atoms with E-state index >= 15 is 0 Å². The predicted molar refractivity (Wildman–Crippen MR) is 77.1 cm³/mol. The normalized spacial score (nSPS) is 15.8. The fourth-order valence-corrected chi connectivity index (χ4v) is 1.92. The predicted octanol–water partition coefficient (Wildman–Crippen LogP) is 2.84. The van der Waals surface area contributed by atoms with Gasteiger partial charge in [0, 0.05) is 23.8 Å². The summed E-state index contributed by atoms with van der Waals surface area (Å²) in [5.41, 5.74) is 0.552. The summed E-state index contributed by atoms with van der Waals surface area (Å²) in [7, 11) is 0. The molecule has 1 aliphatic rings. The Morgan fingerprint density at radius 1 is 1.18 bits per heavy atom. The Morgan fingerprint density at radius 3 is 2.50 bits per heavy atom. The van der Waals surface area contributed by atoms with Crippen molar-refractivity contribution in [2.24, 2.45) is 4.99 Å². The van der Waals surface area contributed by atoms with Gasteiger partial charge in [-0.25, -0.2) is 9.79 Å². The molecule has 2 aromatic rings. The van der Waals surface area contributed by atoms with Gasteiger partial charge in [0.1, 0.15) is 11.5 Å². The van der Waals surface area contributed by atoms with Gasteiger partial charge in [0.05, 0.1) is 4.92 Å². The minimum Gasteiger partial charge on any atom is -0.462 e. The Kier molecular flexibility index (Phi) is 3.30. The third-order valence-corrected chi connectivity index (χ3v) is 2.99. The van der Waals surface area contributed by atoms with E-state index in [1.165, 1.54) is 30.3 Å². The topological polar surface area (TPSA) is 94.9 Å². The molecule has 7 nitrogen and oxygen atoms in total. The number of aryl methyl sites for hydroxylation is 1. The van der Waals surface area contributed by atoms with E-state index in [1.807, 2.05) is 0 Å². The zero-order valence-electron chi connectivity index (χ0n) is 11.5. The van der Waals surface area contributed by atoms with Crippen LogP contribution in [0.3, 0.4) is 0 Å². The summed E-state index contributed by atoms with van der Waals surface area (Å²) < 4.78 is 10.4. The molecule has 0 aliphatic carbocycles. The highest BCUT2D eigenvalue weighted by Crippen LogP contribution is 2.21. The molecule has 1 aliphatic heterocycles. The van der Waals surface area contributed by atoms with E-state index in [2.05, 4.69) is 4.99 Å². The summed E-state index contributed by atoms with van der Waals surface area (Å²) >= 11 is 0. The number of benzene rings is 1. The molecule has 1 aromatic carbocycles. The van der Waals surface area contributed by atoms with Crippen LogP contribution in [-0.4, -0.2) is 16.8 Å². The Hall–Kier alpha value is -3.22. The van der Waals surface area contributed by atoms with Crippen LogP contribution in [0, 0.1) is 17.0 Å². The van der Waals surface area contributed by atoms with E-state index in [9.17, 15) is 14.9 Å². The van der Waals surface area contributed by atoms with E-state index < -0.39 is 10.9 Å². The molecule has 0 fully saturated rings. The van der Waals surface area contributed by atoms with Gasteiger partial charge in [0.25, 0.3) is 5.69 Å². The maximum absolute atomic E-state index is 11.8. The summed E-state index contributed by atoms with van der Waals surface area (Å²) in [6.07, 6.45) is 1.48. The molecule has 0 amide bonds. The highest BCUT2D eigenvalue weighted by Gasteiger charge is 2.24. The van der Waals surface area contributed by atoms with Gasteiger partial charge >= 0.3 is 5.97 Å². The van der Waals surface area contributed by atoms with E-state index in [4.69, 9.17) is 9.15 Å². The van der Waals surface area contributed by atoms with Crippen molar-refractivity contribution < 1.29 is 18.9 Å². The van der Waals surface area contributed by atoms with Crippen LogP contribution < -0.4 is 0 Å². The molecule has 3 rings (SSSR count). The average molecular weight is 298 g/mol. The van der Waals surface area contributed by atoms with Crippen LogP contribution in [0.2, 0.25) is 0 Å². The Labute approximate surface area is 124 Å². The highest BCUT2D eigenvalue weighted by atomic mass is 16.6. The molecule has 0 N–H and O–H groups in total. The summed E-state index contributed by atoms with van der Waals surface area (Å²) in [5.74, 6) is 0.729. The van der Waals surface area contributed by atoms with Gasteiger partial charge in [-0.15, -0.1) is 0 Å². The molecule has 0 unspecified atom stereocenters. The first kappa shape index (κ1) is 13.7. The molecule has 110 valence electrons. The van der Waals surface area contributed by atoms with Gasteiger partial charge in [0.15, 0.2) is 5.70 Å². The Bertz CT molecular complexity index is 815. The number of nitrogens with zero attached hydrogens (tertiary/aromatic N) is 2. The van der Waals surface area contributed by atoms with E-state index in [0.29, 0.717) is 11.3 Å². The third-order valence-electron chi connectivity index (χ3n) is 2.99. The van der Waals surface area contributed by atoms with Gasteiger partial charge in [-0.3, -0.25) is 10.1 Å². The lowest BCUT2D eigenvalue weighted by molar-refractivity contribution is -0.384. The third kappa shape index (κ3) is 2.64. The van der Waals surface area contributed by atoms with Crippen LogP contribution in [-0.2, 0) is 9.53 Å². The lowest BCUT2D eigenvalue weighted by atomic mass is 10.2. The number of carbonyl (C=O) groups is 1. The molecule has 2 heterocycles. The number of nitro benzene ring substituents is 1. The van der Waals surface area contributed by atoms with Crippen LogP contribution in [0.1, 0.15) is 17.1 Å². The summed E-state index contributed by atoms with van der Waals surface area (Å²) in [6, 6.07) is 9.09. The number of non-ortho nitro benzene ring substituents is 1. The molecule has 1 aromatic heterocycles. The van der Waals surface area contributed by atoms with Crippen molar-refractivity contribution in [3.63, 3.8) is 0 Å². The number of aliphatic imine (C=N–C) groups is 1. The second-order valence-electron chi connectivity index (χ2n) is 4.59. The van der Waals surface area contributed by atoms with Crippen LogP contribution in [0.5, 0.6) is 0 Å². The SMILES string of the molecule is Cc1ccc(C=C2N=C(c3ccc([N+](=O)[O-])cc3)OC2=O)o1. The second-order valence-corrected chi connectivity index (χ2v) is 4.59. The average Bonchev–Trinajstić information content (AvgIpc) is 3.06. The number of furan rings is 1. The molecular weight excluding hydrogens is 288 g/mol. The highest BCUT2D eigenvalue weighted by molar-refractivity contribution is 6.12. The molecule has 0 atom stereocenters. The number of cyclic esters (lactones) is 1. The van der Waals surface area contributed by atoms with Crippen LogP contribution in [0.4, 0.5) is 5.69 Å². The van der Waals surface area contributed by atoms with Gasteiger partial charge in [-0.2, -0.15) is 0 Å². The van der Waals surface area contributed by atoms with E-state index in [1.54, 1.807) is 19.1 Å². The maximum atomic E-state index is 11.8. The summed E-state index contributed by atoms with van der Waals surface area (Å²) in [5, 5.41) is 10.6. The fourth-order valence-electron chi connectivity index (χ4n) is 1.92. The van der Waals surface area contributed by atoms with Crippen molar-refractivity contribution >= 4 is 23.6 Å². The molecule has 0 saturated carbocycles.